The predicted molar refractivity (Wildman–Crippen MR) is 71.3 cm³/mol. The van der Waals surface area contributed by atoms with E-state index in [9.17, 15) is 4.79 Å². The zero-order chi connectivity index (χ0) is 14.2. The van der Waals surface area contributed by atoms with E-state index in [0.29, 0.717) is 12.5 Å². The molecule has 2 N–H and O–H groups in total. The standard InChI is InChI=1S/C13H15N5O2/c14-7-10(8-18-13-15-4-2-5-16-13)12(19)17-9-11-3-1-6-20-11/h2,4-5,8,11H,1,3,6,9H2,(H,17,19)(H,15,16,18)/b10-8-. The number of hydrogen-bond donors (Lipinski definition) is 2. The first-order valence-corrected chi connectivity index (χ1v) is 6.33. The van der Waals surface area contributed by atoms with Gasteiger partial charge in [0.15, 0.2) is 0 Å². The second-order valence-corrected chi connectivity index (χ2v) is 4.23. The summed E-state index contributed by atoms with van der Waals surface area (Å²) in [4.78, 5) is 19.7. The van der Waals surface area contributed by atoms with Gasteiger partial charge in [-0.1, -0.05) is 0 Å². The van der Waals surface area contributed by atoms with Gasteiger partial charge in [0, 0.05) is 31.7 Å². The van der Waals surface area contributed by atoms with E-state index in [0.717, 1.165) is 19.4 Å². The second-order valence-electron chi connectivity index (χ2n) is 4.23. The Morgan fingerprint density at radius 3 is 3.00 bits per heavy atom. The Morgan fingerprint density at radius 2 is 2.35 bits per heavy atom. The van der Waals surface area contributed by atoms with Crippen LogP contribution in [0.5, 0.6) is 0 Å². The minimum atomic E-state index is -0.438. The number of rotatable bonds is 5. The fourth-order valence-electron chi connectivity index (χ4n) is 1.77. The van der Waals surface area contributed by atoms with E-state index in [1.165, 1.54) is 6.20 Å². The zero-order valence-electron chi connectivity index (χ0n) is 10.9. The molecule has 1 aromatic rings. The van der Waals surface area contributed by atoms with Gasteiger partial charge >= 0.3 is 0 Å². The fraction of sp³-hybridized carbons (Fsp3) is 0.385. The largest absolute Gasteiger partial charge is 0.376 e. The summed E-state index contributed by atoms with van der Waals surface area (Å²) in [6.07, 6.45) is 6.40. The molecule has 7 heteroatoms. The van der Waals surface area contributed by atoms with Gasteiger partial charge in [0.1, 0.15) is 11.6 Å². The zero-order valence-corrected chi connectivity index (χ0v) is 10.9. The molecular weight excluding hydrogens is 258 g/mol. The van der Waals surface area contributed by atoms with Crippen molar-refractivity contribution >= 4 is 11.9 Å². The van der Waals surface area contributed by atoms with Crippen LogP contribution < -0.4 is 10.6 Å². The third-order valence-corrected chi connectivity index (χ3v) is 2.79. The highest BCUT2D eigenvalue weighted by Gasteiger charge is 2.17. The number of nitriles is 1. The minimum Gasteiger partial charge on any atom is -0.376 e. The summed E-state index contributed by atoms with van der Waals surface area (Å²) in [7, 11) is 0. The lowest BCUT2D eigenvalue weighted by atomic mass is 10.2. The van der Waals surface area contributed by atoms with Crippen molar-refractivity contribution in [2.24, 2.45) is 0 Å². The van der Waals surface area contributed by atoms with Crippen molar-refractivity contribution in [3.05, 3.63) is 30.2 Å². The van der Waals surface area contributed by atoms with Gasteiger partial charge in [-0.15, -0.1) is 0 Å². The summed E-state index contributed by atoms with van der Waals surface area (Å²) in [6.45, 7) is 1.15. The number of anilines is 1. The molecule has 1 aliphatic rings. The van der Waals surface area contributed by atoms with Gasteiger partial charge in [-0.3, -0.25) is 4.79 Å². The van der Waals surface area contributed by atoms with Crippen LogP contribution in [-0.4, -0.2) is 35.1 Å². The summed E-state index contributed by atoms with van der Waals surface area (Å²) in [6, 6.07) is 3.51. The van der Waals surface area contributed by atoms with Crippen molar-refractivity contribution in [1.29, 1.82) is 5.26 Å². The monoisotopic (exact) mass is 273 g/mol. The summed E-state index contributed by atoms with van der Waals surface area (Å²) in [5.41, 5.74) is -0.0320. The van der Waals surface area contributed by atoms with Crippen molar-refractivity contribution in [2.75, 3.05) is 18.5 Å². The van der Waals surface area contributed by atoms with Gasteiger partial charge in [-0.05, 0) is 18.9 Å². The molecule has 1 atom stereocenters. The van der Waals surface area contributed by atoms with Gasteiger partial charge in [-0.25, -0.2) is 9.97 Å². The maximum absolute atomic E-state index is 11.8. The highest BCUT2D eigenvalue weighted by Crippen LogP contribution is 2.10. The average molecular weight is 273 g/mol. The summed E-state index contributed by atoms with van der Waals surface area (Å²) >= 11 is 0. The molecule has 0 aromatic carbocycles. The number of nitrogens with zero attached hydrogens (tertiary/aromatic N) is 3. The Hall–Kier alpha value is -2.46. The molecule has 1 unspecified atom stereocenters. The number of nitrogens with one attached hydrogen (secondary N) is 2. The Balaban J connectivity index is 1.86. The number of hydrogen-bond acceptors (Lipinski definition) is 6. The molecule has 1 fully saturated rings. The van der Waals surface area contributed by atoms with Crippen molar-refractivity contribution < 1.29 is 9.53 Å². The average Bonchev–Trinajstić information content (AvgIpc) is 3.00. The van der Waals surface area contributed by atoms with E-state index in [1.54, 1.807) is 18.5 Å². The molecule has 2 heterocycles. The molecule has 20 heavy (non-hydrogen) atoms. The molecule has 1 aromatic heterocycles. The van der Waals surface area contributed by atoms with E-state index >= 15 is 0 Å². The highest BCUT2D eigenvalue weighted by molar-refractivity contribution is 5.97. The quantitative estimate of drug-likeness (QED) is 0.601. The molecule has 0 bridgehead atoms. The highest BCUT2D eigenvalue weighted by atomic mass is 16.5. The van der Waals surface area contributed by atoms with Crippen LogP contribution in [0.3, 0.4) is 0 Å². The summed E-state index contributed by atoms with van der Waals surface area (Å²) < 4.78 is 5.39. The predicted octanol–water partition coefficient (Wildman–Crippen LogP) is 0.591. The molecule has 1 saturated heterocycles. The van der Waals surface area contributed by atoms with Crippen LogP contribution in [0.2, 0.25) is 0 Å². The van der Waals surface area contributed by atoms with E-state index in [2.05, 4.69) is 20.6 Å². The van der Waals surface area contributed by atoms with Gasteiger partial charge in [-0.2, -0.15) is 5.26 Å². The summed E-state index contributed by atoms with van der Waals surface area (Å²) in [5, 5.41) is 14.4. The number of carbonyl (C=O) groups is 1. The topological polar surface area (TPSA) is 99.9 Å². The van der Waals surface area contributed by atoms with Crippen LogP contribution >= 0.6 is 0 Å². The number of amides is 1. The number of carbonyl (C=O) groups excluding carboxylic acids is 1. The van der Waals surface area contributed by atoms with Crippen molar-refractivity contribution in [1.82, 2.24) is 15.3 Å². The van der Waals surface area contributed by atoms with E-state index in [-0.39, 0.29) is 11.7 Å². The van der Waals surface area contributed by atoms with Crippen LogP contribution in [0.4, 0.5) is 5.95 Å². The first-order chi connectivity index (χ1) is 9.79. The van der Waals surface area contributed by atoms with Crippen LogP contribution in [0.1, 0.15) is 12.8 Å². The Kier molecular flexibility index (Phi) is 5.03. The lowest BCUT2D eigenvalue weighted by Crippen LogP contribution is -2.32. The van der Waals surface area contributed by atoms with Gasteiger partial charge in [0.05, 0.1) is 6.10 Å². The van der Waals surface area contributed by atoms with Crippen LogP contribution in [0.15, 0.2) is 30.2 Å². The second kappa shape index (κ2) is 7.21. The fourth-order valence-corrected chi connectivity index (χ4v) is 1.77. The third kappa shape index (κ3) is 4.03. The van der Waals surface area contributed by atoms with Crippen LogP contribution in [0.25, 0.3) is 0 Å². The Bertz CT molecular complexity index is 517. The maximum atomic E-state index is 11.8. The molecule has 1 amide bonds. The first-order valence-electron chi connectivity index (χ1n) is 6.33. The Morgan fingerprint density at radius 1 is 1.55 bits per heavy atom. The van der Waals surface area contributed by atoms with Crippen LogP contribution in [0, 0.1) is 11.3 Å². The molecule has 0 aliphatic carbocycles. The molecular formula is C13H15N5O2. The lowest BCUT2D eigenvalue weighted by molar-refractivity contribution is -0.117. The van der Waals surface area contributed by atoms with Crippen molar-refractivity contribution in [2.45, 2.75) is 18.9 Å². The van der Waals surface area contributed by atoms with Crippen molar-refractivity contribution in [3.63, 3.8) is 0 Å². The smallest absolute Gasteiger partial charge is 0.263 e. The summed E-state index contributed by atoms with van der Waals surface area (Å²) in [5.74, 6) is -0.112. The number of aromatic nitrogens is 2. The number of ether oxygens (including phenoxy) is 1. The van der Waals surface area contributed by atoms with Gasteiger partial charge in [0.2, 0.25) is 5.95 Å². The maximum Gasteiger partial charge on any atom is 0.263 e. The SMILES string of the molecule is N#C/C(=C/Nc1ncccn1)C(=O)NCC1CCCO1. The van der Waals surface area contributed by atoms with Crippen molar-refractivity contribution in [3.8, 4) is 6.07 Å². The van der Waals surface area contributed by atoms with E-state index in [1.807, 2.05) is 6.07 Å². The molecule has 104 valence electrons. The van der Waals surface area contributed by atoms with Gasteiger partial charge in [0.25, 0.3) is 5.91 Å². The minimum absolute atomic E-state index is 0.0320. The third-order valence-electron chi connectivity index (χ3n) is 2.79. The first kappa shape index (κ1) is 14.0. The normalized spacial score (nSPS) is 18.4. The molecule has 7 nitrogen and oxygen atoms in total. The van der Waals surface area contributed by atoms with E-state index in [4.69, 9.17) is 10.00 Å². The Labute approximate surface area is 116 Å². The van der Waals surface area contributed by atoms with Gasteiger partial charge < -0.3 is 15.4 Å². The molecule has 0 spiro atoms. The lowest BCUT2D eigenvalue weighted by Gasteiger charge is -2.10. The van der Waals surface area contributed by atoms with E-state index < -0.39 is 5.91 Å². The molecule has 2 rings (SSSR count). The molecule has 0 saturated carbocycles. The molecule has 1 aliphatic heterocycles. The molecule has 0 radical (unpaired) electrons. The van der Waals surface area contributed by atoms with Crippen LogP contribution in [-0.2, 0) is 9.53 Å².